The second-order valence-corrected chi connectivity index (χ2v) is 7.02. The van der Waals surface area contributed by atoms with Crippen molar-refractivity contribution in [1.82, 2.24) is 0 Å². The number of aryl methyl sites for hydroxylation is 2. The second kappa shape index (κ2) is 6.10. The number of hydrogen-bond acceptors (Lipinski definition) is 2. The van der Waals surface area contributed by atoms with Gasteiger partial charge in [-0.2, -0.15) is 0 Å². The van der Waals surface area contributed by atoms with E-state index in [1.54, 1.807) is 12.1 Å². The summed E-state index contributed by atoms with van der Waals surface area (Å²) in [5.74, 6) is -0.268. The Kier molecular flexibility index (Phi) is 3.91. The molecule has 1 aliphatic heterocycles. The first-order valence-corrected chi connectivity index (χ1v) is 8.77. The van der Waals surface area contributed by atoms with Crippen LogP contribution < -0.4 is 4.90 Å². The topological polar surface area (TPSA) is 32.7 Å². The lowest BCUT2D eigenvalue weighted by Crippen LogP contribution is -2.36. The Labute approximate surface area is 147 Å². The third kappa shape index (κ3) is 2.86. The van der Waals surface area contributed by atoms with E-state index in [0.29, 0.717) is 6.54 Å². The number of fused-ring (bicyclic) bond motifs is 2. The third-order valence-electron chi connectivity index (χ3n) is 5.29. The van der Waals surface area contributed by atoms with Gasteiger partial charge < -0.3 is 4.90 Å². The lowest BCUT2D eigenvalue weighted by molar-refractivity contribution is -0.120. The van der Waals surface area contributed by atoms with Crippen molar-refractivity contribution in [2.24, 2.45) is 10.9 Å². The Morgan fingerprint density at radius 1 is 1.16 bits per heavy atom. The van der Waals surface area contributed by atoms with Crippen LogP contribution in [0.4, 0.5) is 15.8 Å². The van der Waals surface area contributed by atoms with Gasteiger partial charge in [-0.1, -0.05) is 12.1 Å². The van der Waals surface area contributed by atoms with Crippen molar-refractivity contribution in [3.05, 3.63) is 58.9 Å². The van der Waals surface area contributed by atoms with Crippen LogP contribution in [0.2, 0.25) is 0 Å². The van der Waals surface area contributed by atoms with Gasteiger partial charge in [0.15, 0.2) is 0 Å². The first-order chi connectivity index (χ1) is 12.0. The molecule has 3 nitrogen and oxygen atoms in total. The van der Waals surface area contributed by atoms with Crippen LogP contribution in [-0.4, -0.2) is 11.6 Å². The van der Waals surface area contributed by atoms with Crippen LogP contribution in [0.25, 0.3) is 0 Å². The van der Waals surface area contributed by atoms with Gasteiger partial charge in [0.05, 0.1) is 23.8 Å². The average Bonchev–Trinajstić information content (AvgIpc) is 3.02. The van der Waals surface area contributed by atoms with Crippen LogP contribution >= 0.6 is 0 Å². The largest absolute Gasteiger partial charge is 0.305 e. The second-order valence-electron chi connectivity index (χ2n) is 7.02. The lowest BCUT2D eigenvalue weighted by Gasteiger charge is -2.25. The Hall–Kier alpha value is -2.49. The molecular weight excluding hydrogens is 315 g/mol. The van der Waals surface area contributed by atoms with Crippen LogP contribution in [0.15, 0.2) is 41.4 Å². The number of rotatable bonds is 2. The molecular formula is C21H21FN2O. The maximum Gasteiger partial charge on any atom is 0.236 e. The van der Waals surface area contributed by atoms with Crippen molar-refractivity contribution in [2.45, 2.75) is 39.7 Å². The van der Waals surface area contributed by atoms with E-state index < -0.39 is 0 Å². The number of hydrogen-bond donors (Lipinski definition) is 0. The molecule has 1 heterocycles. The standard InChI is InChI=1S/C21H21FN2O/c1-13-10-19-20(11-14(13)2)24(12-15-6-8-16(22)9-7-15)21(25)17-4-3-5-18(17)23-19/h6-11,17H,3-5,12H2,1-2H3/t17-/m0/s1. The molecule has 128 valence electrons. The molecule has 0 spiro atoms. The van der Waals surface area contributed by atoms with E-state index in [1.807, 2.05) is 4.90 Å². The fraction of sp³-hybridized carbons (Fsp3) is 0.333. The highest BCUT2D eigenvalue weighted by atomic mass is 19.1. The highest BCUT2D eigenvalue weighted by molar-refractivity contribution is 6.15. The van der Waals surface area contributed by atoms with Crippen LogP contribution in [-0.2, 0) is 11.3 Å². The number of anilines is 1. The molecule has 1 fully saturated rings. The predicted octanol–water partition coefficient (Wildman–Crippen LogP) is 4.86. The fourth-order valence-corrected chi connectivity index (χ4v) is 3.72. The number of amides is 1. The van der Waals surface area contributed by atoms with E-state index in [2.05, 4.69) is 26.0 Å². The molecule has 2 aromatic rings. The first kappa shape index (κ1) is 16.0. The van der Waals surface area contributed by atoms with E-state index in [4.69, 9.17) is 4.99 Å². The number of nitrogens with zero attached hydrogens (tertiary/aromatic N) is 2. The first-order valence-electron chi connectivity index (χ1n) is 8.77. The van der Waals surface area contributed by atoms with Crippen molar-refractivity contribution >= 4 is 23.0 Å². The highest BCUT2D eigenvalue weighted by Gasteiger charge is 2.36. The Morgan fingerprint density at radius 3 is 2.64 bits per heavy atom. The molecule has 0 unspecified atom stereocenters. The maximum absolute atomic E-state index is 13.2. The zero-order chi connectivity index (χ0) is 17.6. The quantitative estimate of drug-likeness (QED) is 0.771. The zero-order valence-corrected chi connectivity index (χ0v) is 14.6. The van der Waals surface area contributed by atoms with Crippen molar-refractivity contribution in [2.75, 3.05) is 4.90 Å². The Balaban J connectivity index is 1.81. The molecule has 1 saturated carbocycles. The van der Waals surface area contributed by atoms with Gasteiger partial charge in [0.1, 0.15) is 5.82 Å². The molecule has 1 aliphatic carbocycles. The molecule has 4 rings (SSSR count). The molecule has 2 aromatic carbocycles. The van der Waals surface area contributed by atoms with Gasteiger partial charge in [0, 0.05) is 5.71 Å². The van der Waals surface area contributed by atoms with Gasteiger partial charge in [-0.05, 0) is 74.1 Å². The van der Waals surface area contributed by atoms with E-state index >= 15 is 0 Å². The van der Waals surface area contributed by atoms with Crippen LogP contribution in [0.3, 0.4) is 0 Å². The SMILES string of the molecule is Cc1cc2c(cc1C)N(Cc1ccc(F)cc1)C(=O)[C@H]1CCCC1=N2. The van der Waals surface area contributed by atoms with Crippen LogP contribution in [0.1, 0.15) is 36.0 Å². The molecule has 0 saturated heterocycles. The minimum Gasteiger partial charge on any atom is -0.305 e. The molecule has 0 aromatic heterocycles. The molecule has 0 radical (unpaired) electrons. The summed E-state index contributed by atoms with van der Waals surface area (Å²) in [5.41, 5.74) is 5.98. The fourth-order valence-electron chi connectivity index (χ4n) is 3.72. The minimum atomic E-state index is -0.265. The van der Waals surface area contributed by atoms with E-state index in [1.165, 1.54) is 17.7 Å². The molecule has 1 atom stereocenters. The minimum absolute atomic E-state index is 0.113. The van der Waals surface area contributed by atoms with Crippen molar-refractivity contribution in [3.63, 3.8) is 0 Å². The monoisotopic (exact) mass is 336 g/mol. The van der Waals surface area contributed by atoms with Gasteiger partial charge in [-0.3, -0.25) is 9.79 Å². The molecule has 4 heteroatoms. The number of carbonyl (C=O) groups excluding carboxylic acids is 1. The van der Waals surface area contributed by atoms with E-state index in [-0.39, 0.29) is 17.6 Å². The van der Waals surface area contributed by atoms with Crippen LogP contribution in [0.5, 0.6) is 0 Å². The summed E-state index contributed by atoms with van der Waals surface area (Å²) in [5, 5.41) is 0. The van der Waals surface area contributed by atoms with Gasteiger partial charge >= 0.3 is 0 Å². The molecule has 0 bridgehead atoms. The number of carbonyl (C=O) groups is 1. The molecule has 0 N–H and O–H groups in total. The number of halogens is 1. The highest BCUT2D eigenvalue weighted by Crippen LogP contribution is 2.40. The molecule has 1 amide bonds. The Bertz CT molecular complexity index is 870. The van der Waals surface area contributed by atoms with Gasteiger partial charge in [0.2, 0.25) is 5.91 Å². The maximum atomic E-state index is 13.2. The summed E-state index contributed by atoms with van der Waals surface area (Å²) in [6.45, 7) is 4.56. The van der Waals surface area contributed by atoms with E-state index in [9.17, 15) is 9.18 Å². The Morgan fingerprint density at radius 2 is 1.88 bits per heavy atom. The predicted molar refractivity (Wildman–Crippen MR) is 97.9 cm³/mol. The van der Waals surface area contributed by atoms with Crippen molar-refractivity contribution < 1.29 is 9.18 Å². The number of aliphatic imine (C=N–C) groups is 1. The normalized spacial score (nSPS) is 19.3. The number of benzene rings is 2. The van der Waals surface area contributed by atoms with Crippen molar-refractivity contribution in [3.8, 4) is 0 Å². The van der Waals surface area contributed by atoms with Crippen LogP contribution in [0, 0.1) is 25.6 Å². The lowest BCUT2D eigenvalue weighted by atomic mass is 10.0. The third-order valence-corrected chi connectivity index (χ3v) is 5.29. The van der Waals surface area contributed by atoms with Gasteiger partial charge in [-0.15, -0.1) is 0 Å². The van der Waals surface area contributed by atoms with Gasteiger partial charge in [0.25, 0.3) is 0 Å². The summed E-state index contributed by atoms with van der Waals surface area (Å²) in [6.07, 6.45) is 2.77. The molecule has 2 aliphatic rings. The summed E-state index contributed by atoms with van der Waals surface area (Å²) in [7, 11) is 0. The zero-order valence-electron chi connectivity index (χ0n) is 14.6. The van der Waals surface area contributed by atoms with Crippen molar-refractivity contribution in [1.29, 1.82) is 0 Å². The molecule has 25 heavy (non-hydrogen) atoms. The summed E-state index contributed by atoms with van der Waals surface area (Å²) in [6, 6.07) is 10.5. The smallest absolute Gasteiger partial charge is 0.236 e. The average molecular weight is 336 g/mol. The summed E-state index contributed by atoms with van der Waals surface area (Å²) < 4.78 is 13.2. The summed E-state index contributed by atoms with van der Waals surface area (Å²) >= 11 is 0. The van der Waals surface area contributed by atoms with E-state index in [0.717, 1.165) is 47.5 Å². The summed E-state index contributed by atoms with van der Waals surface area (Å²) in [4.78, 5) is 19.9. The van der Waals surface area contributed by atoms with Gasteiger partial charge in [-0.25, -0.2) is 4.39 Å².